The molecule has 0 aliphatic carbocycles. The van der Waals surface area contributed by atoms with Gasteiger partial charge in [-0.25, -0.2) is 0 Å². The van der Waals surface area contributed by atoms with E-state index in [0.717, 1.165) is 21.9 Å². The normalized spacial score (nSPS) is 10.7. The molecule has 6 heteroatoms. The summed E-state index contributed by atoms with van der Waals surface area (Å²) >= 11 is 4.77. The zero-order chi connectivity index (χ0) is 13.8. The zero-order valence-electron chi connectivity index (χ0n) is 10.8. The third kappa shape index (κ3) is 3.45. The highest BCUT2D eigenvalue weighted by atomic mass is 79.9. The van der Waals surface area contributed by atoms with Gasteiger partial charge in [0.25, 0.3) is 0 Å². The first-order valence-corrected chi connectivity index (χ1v) is 7.69. The number of rotatable bonds is 5. The molecule has 0 aliphatic heterocycles. The number of thioether (sulfide) groups is 1. The van der Waals surface area contributed by atoms with Gasteiger partial charge in [0.1, 0.15) is 5.82 Å². The fourth-order valence-electron chi connectivity index (χ4n) is 1.63. The molecule has 0 saturated heterocycles. The van der Waals surface area contributed by atoms with Crippen molar-refractivity contribution in [2.24, 2.45) is 7.05 Å². The van der Waals surface area contributed by atoms with Crippen LogP contribution in [0.4, 0.5) is 0 Å². The lowest BCUT2D eigenvalue weighted by atomic mass is 10.2. The summed E-state index contributed by atoms with van der Waals surface area (Å²) < 4.78 is 2.90. The van der Waals surface area contributed by atoms with Crippen LogP contribution >= 0.6 is 27.7 Å². The van der Waals surface area contributed by atoms with Crippen LogP contribution in [0.2, 0.25) is 0 Å². The second kappa shape index (κ2) is 6.34. The second-order valence-corrected chi connectivity index (χ2v) is 5.89. The highest BCUT2D eigenvalue weighted by molar-refractivity contribution is 9.10. The van der Waals surface area contributed by atoms with E-state index in [0.29, 0.717) is 11.3 Å². The number of ketones is 1. The number of halogens is 1. The molecule has 2 rings (SSSR count). The first-order chi connectivity index (χ1) is 9.11. The summed E-state index contributed by atoms with van der Waals surface area (Å²) in [6.45, 7) is 2.03. The largest absolute Gasteiger partial charge is 0.309 e. The van der Waals surface area contributed by atoms with Gasteiger partial charge < -0.3 is 4.57 Å². The Hall–Kier alpha value is -1.14. The van der Waals surface area contributed by atoms with Gasteiger partial charge in [0.2, 0.25) is 0 Å². The number of hydrogen-bond donors (Lipinski definition) is 0. The molecule has 0 N–H and O–H groups in total. The smallest absolute Gasteiger partial charge is 0.191 e. The highest BCUT2D eigenvalue weighted by Crippen LogP contribution is 2.18. The zero-order valence-corrected chi connectivity index (χ0v) is 13.2. The Balaban J connectivity index is 2.00. The predicted molar refractivity (Wildman–Crippen MR) is 79.6 cm³/mol. The van der Waals surface area contributed by atoms with Crippen LogP contribution in [-0.4, -0.2) is 26.3 Å². The molecule has 1 aromatic carbocycles. The molecule has 1 aromatic heterocycles. The summed E-state index contributed by atoms with van der Waals surface area (Å²) in [4.78, 5) is 12.0. The van der Waals surface area contributed by atoms with E-state index >= 15 is 0 Å². The quantitative estimate of drug-likeness (QED) is 0.620. The number of aromatic nitrogens is 3. The maximum absolute atomic E-state index is 12.0. The lowest BCUT2D eigenvalue weighted by molar-refractivity contribution is 0.102. The molecule has 0 aliphatic rings. The molecule has 100 valence electrons. The van der Waals surface area contributed by atoms with E-state index in [1.807, 2.05) is 42.8 Å². The minimum absolute atomic E-state index is 0.0959. The number of aryl methyl sites for hydroxylation is 1. The standard InChI is InChI=1S/C13H14BrN3OS/c1-3-12-15-16-13(17(12)2)19-8-11(18)9-4-6-10(14)7-5-9/h4-7H,3,8H2,1-2H3. The molecule has 0 unspecified atom stereocenters. The van der Waals surface area contributed by atoms with Gasteiger partial charge in [-0.1, -0.05) is 46.7 Å². The van der Waals surface area contributed by atoms with Crippen LogP contribution in [0.3, 0.4) is 0 Å². The van der Waals surface area contributed by atoms with Crippen molar-refractivity contribution in [1.82, 2.24) is 14.8 Å². The molecule has 0 fully saturated rings. The Kier molecular flexibility index (Phi) is 4.76. The minimum atomic E-state index is 0.0959. The lowest BCUT2D eigenvalue weighted by Gasteiger charge is -2.02. The summed E-state index contributed by atoms with van der Waals surface area (Å²) in [7, 11) is 1.92. The number of hydrogen-bond acceptors (Lipinski definition) is 4. The predicted octanol–water partition coefficient (Wildman–Crippen LogP) is 3.12. The molecule has 19 heavy (non-hydrogen) atoms. The topological polar surface area (TPSA) is 47.8 Å². The lowest BCUT2D eigenvalue weighted by Crippen LogP contribution is -2.04. The molecule has 0 atom stereocenters. The van der Waals surface area contributed by atoms with Gasteiger partial charge in [-0.15, -0.1) is 10.2 Å². The molecule has 0 amide bonds. The van der Waals surface area contributed by atoms with Crippen molar-refractivity contribution in [3.63, 3.8) is 0 Å². The maximum atomic E-state index is 12.0. The summed E-state index contributed by atoms with van der Waals surface area (Å²) in [5.74, 6) is 1.40. The van der Waals surface area contributed by atoms with Crippen LogP contribution in [0, 0.1) is 0 Å². The van der Waals surface area contributed by atoms with Crippen molar-refractivity contribution in [1.29, 1.82) is 0 Å². The van der Waals surface area contributed by atoms with Crippen LogP contribution in [-0.2, 0) is 13.5 Å². The molecule has 0 radical (unpaired) electrons. The number of carbonyl (C=O) groups is 1. The SMILES string of the molecule is CCc1nnc(SCC(=O)c2ccc(Br)cc2)n1C. The molecule has 1 heterocycles. The van der Waals surface area contributed by atoms with Crippen LogP contribution in [0.15, 0.2) is 33.9 Å². The van der Waals surface area contributed by atoms with E-state index in [9.17, 15) is 4.79 Å². The Morgan fingerprint density at radius 3 is 2.58 bits per heavy atom. The molecule has 2 aromatic rings. The summed E-state index contributed by atoms with van der Waals surface area (Å²) in [6.07, 6.45) is 0.838. The third-order valence-corrected chi connectivity index (χ3v) is 4.29. The second-order valence-electron chi connectivity index (χ2n) is 4.03. The number of nitrogens with zero attached hydrogens (tertiary/aromatic N) is 3. The van der Waals surface area contributed by atoms with E-state index in [1.54, 1.807) is 0 Å². The average molecular weight is 340 g/mol. The van der Waals surface area contributed by atoms with Crippen LogP contribution in [0.5, 0.6) is 0 Å². The van der Waals surface area contributed by atoms with Gasteiger partial charge in [-0.05, 0) is 12.1 Å². The number of benzene rings is 1. The first-order valence-electron chi connectivity index (χ1n) is 5.91. The highest BCUT2D eigenvalue weighted by Gasteiger charge is 2.11. The molecular weight excluding hydrogens is 326 g/mol. The van der Waals surface area contributed by atoms with Crippen LogP contribution in [0.1, 0.15) is 23.1 Å². The molecular formula is C13H14BrN3OS. The summed E-state index contributed by atoms with van der Waals surface area (Å²) in [6, 6.07) is 7.38. The average Bonchev–Trinajstić information content (AvgIpc) is 2.77. The molecule has 0 spiro atoms. The van der Waals surface area contributed by atoms with E-state index in [4.69, 9.17) is 0 Å². The van der Waals surface area contributed by atoms with Crippen molar-refractivity contribution < 1.29 is 4.79 Å². The summed E-state index contributed by atoms with van der Waals surface area (Å²) in [5, 5.41) is 8.93. The van der Waals surface area contributed by atoms with Crippen LogP contribution in [0.25, 0.3) is 0 Å². The van der Waals surface area contributed by atoms with E-state index < -0.39 is 0 Å². The van der Waals surface area contributed by atoms with Gasteiger partial charge >= 0.3 is 0 Å². The van der Waals surface area contributed by atoms with Gasteiger partial charge in [0, 0.05) is 23.5 Å². The van der Waals surface area contributed by atoms with Crippen molar-refractivity contribution in [3.05, 3.63) is 40.1 Å². The fraction of sp³-hybridized carbons (Fsp3) is 0.308. The van der Waals surface area contributed by atoms with Crippen molar-refractivity contribution >= 4 is 33.5 Å². The minimum Gasteiger partial charge on any atom is -0.309 e. The summed E-state index contributed by atoms with van der Waals surface area (Å²) in [5.41, 5.74) is 0.716. The Morgan fingerprint density at radius 1 is 1.32 bits per heavy atom. The number of carbonyl (C=O) groups excluding carboxylic acids is 1. The molecule has 4 nitrogen and oxygen atoms in total. The fourth-order valence-corrected chi connectivity index (χ4v) is 2.72. The Morgan fingerprint density at radius 2 is 2.00 bits per heavy atom. The van der Waals surface area contributed by atoms with Crippen LogP contribution < -0.4 is 0 Å². The van der Waals surface area contributed by atoms with E-state index in [1.165, 1.54) is 11.8 Å². The third-order valence-electron chi connectivity index (χ3n) is 2.74. The van der Waals surface area contributed by atoms with E-state index in [-0.39, 0.29) is 5.78 Å². The molecule has 0 bridgehead atoms. The van der Waals surface area contributed by atoms with Gasteiger partial charge in [0.15, 0.2) is 10.9 Å². The van der Waals surface area contributed by atoms with Gasteiger partial charge in [-0.3, -0.25) is 4.79 Å². The maximum Gasteiger partial charge on any atom is 0.191 e. The van der Waals surface area contributed by atoms with Gasteiger partial charge in [-0.2, -0.15) is 0 Å². The Bertz CT molecular complexity index is 580. The monoisotopic (exact) mass is 339 g/mol. The first kappa shape index (κ1) is 14.3. The Labute approximate surface area is 124 Å². The number of Topliss-reactive ketones (excluding diaryl/α,β-unsaturated/α-hetero) is 1. The molecule has 0 saturated carbocycles. The van der Waals surface area contributed by atoms with E-state index in [2.05, 4.69) is 26.1 Å². The van der Waals surface area contributed by atoms with Gasteiger partial charge in [0.05, 0.1) is 5.75 Å². The van der Waals surface area contributed by atoms with Crippen molar-refractivity contribution in [3.8, 4) is 0 Å². The van der Waals surface area contributed by atoms with Crippen molar-refractivity contribution in [2.45, 2.75) is 18.5 Å². The van der Waals surface area contributed by atoms with Crippen molar-refractivity contribution in [2.75, 3.05) is 5.75 Å².